The van der Waals surface area contributed by atoms with Gasteiger partial charge in [-0.15, -0.1) is 0 Å². The van der Waals surface area contributed by atoms with Crippen LogP contribution in [0.15, 0.2) is 29.2 Å². The maximum Gasteiger partial charge on any atom is 0.337 e. The molecule has 18 heavy (non-hydrogen) atoms. The normalized spacial score (nSPS) is 11.6. The van der Waals surface area contributed by atoms with E-state index in [1.54, 1.807) is 0 Å². The molecule has 0 saturated heterocycles. The summed E-state index contributed by atoms with van der Waals surface area (Å²) in [5, 5.41) is 8.75. The standard InChI is InChI=1S/C11H15NO5S/c1-12(6-7-13)18(15,16)10-5-3-4-9(8-10)11(14)17-2/h3-5,8,13H,6-7H2,1-2H3. The Morgan fingerprint density at radius 1 is 1.44 bits per heavy atom. The molecule has 0 aliphatic rings. The van der Waals surface area contributed by atoms with Crippen molar-refractivity contribution in [3.8, 4) is 0 Å². The lowest BCUT2D eigenvalue weighted by Crippen LogP contribution is -2.29. The average Bonchev–Trinajstić information content (AvgIpc) is 2.38. The highest BCUT2D eigenvalue weighted by molar-refractivity contribution is 7.89. The third kappa shape index (κ3) is 3.06. The Labute approximate surface area is 106 Å². The first-order valence-corrected chi connectivity index (χ1v) is 6.63. The maximum atomic E-state index is 12.0. The Morgan fingerprint density at radius 3 is 2.67 bits per heavy atom. The summed E-state index contributed by atoms with van der Waals surface area (Å²) in [6, 6.07) is 5.56. The van der Waals surface area contributed by atoms with Gasteiger partial charge in [0.25, 0.3) is 0 Å². The van der Waals surface area contributed by atoms with Crippen LogP contribution in [0.25, 0.3) is 0 Å². The molecular weight excluding hydrogens is 258 g/mol. The number of rotatable bonds is 5. The number of benzene rings is 1. The van der Waals surface area contributed by atoms with Crippen LogP contribution in [0.2, 0.25) is 0 Å². The van der Waals surface area contributed by atoms with Gasteiger partial charge in [0.2, 0.25) is 10.0 Å². The van der Waals surface area contributed by atoms with Crippen molar-refractivity contribution >= 4 is 16.0 Å². The summed E-state index contributed by atoms with van der Waals surface area (Å²) in [6.45, 7) is -0.281. The van der Waals surface area contributed by atoms with E-state index in [4.69, 9.17) is 5.11 Å². The molecule has 1 aromatic carbocycles. The molecule has 1 aromatic rings. The zero-order valence-electron chi connectivity index (χ0n) is 10.2. The summed E-state index contributed by atoms with van der Waals surface area (Å²) in [5.74, 6) is -0.600. The van der Waals surface area contributed by atoms with E-state index < -0.39 is 16.0 Å². The molecule has 0 aromatic heterocycles. The first kappa shape index (κ1) is 14.6. The van der Waals surface area contributed by atoms with Gasteiger partial charge in [-0.2, -0.15) is 4.31 Å². The minimum atomic E-state index is -3.70. The van der Waals surface area contributed by atoms with Crippen LogP contribution >= 0.6 is 0 Å². The predicted molar refractivity (Wildman–Crippen MR) is 64.7 cm³/mol. The second-order valence-electron chi connectivity index (χ2n) is 3.57. The first-order valence-electron chi connectivity index (χ1n) is 5.19. The van der Waals surface area contributed by atoms with Gasteiger partial charge in [0.05, 0.1) is 24.2 Å². The summed E-state index contributed by atoms with van der Waals surface area (Å²) in [5.41, 5.74) is 0.163. The van der Waals surface area contributed by atoms with Crippen LogP contribution in [0.4, 0.5) is 0 Å². The Morgan fingerprint density at radius 2 is 2.11 bits per heavy atom. The van der Waals surface area contributed by atoms with Gasteiger partial charge in [-0.3, -0.25) is 0 Å². The molecular formula is C11H15NO5S. The molecule has 0 fully saturated rings. The van der Waals surface area contributed by atoms with Gasteiger partial charge in [0, 0.05) is 13.6 Å². The van der Waals surface area contributed by atoms with Crippen LogP contribution in [-0.4, -0.2) is 51.1 Å². The smallest absolute Gasteiger partial charge is 0.337 e. The van der Waals surface area contributed by atoms with Gasteiger partial charge in [-0.05, 0) is 18.2 Å². The molecule has 0 bridgehead atoms. The van der Waals surface area contributed by atoms with Crippen LogP contribution in [-0.2, 0) is 14.8 Å². The molecule has 0 aliphatic heterocycles. The molecule has 0 aliphatic carbocycles. The molecule has 6 nitrogen and oxygen atoms in total. The number of nitrogens with zero attached hydrogens (tertiary/aromatic N) is 1. The average molecular weight is 273 g/mol. The number of hydrogen-bond acceptors (Lipinski definition) is 5. The summed E-state index contributed by atoms with van der Waals surface area (Å²) < 4.78 is 29.6. The summed E-state index contributed by atoms with van der Waals surface area (Å²) in [4.78, 5) is 11.3. The number of hydrogen-bond donors (Lipinski definition) is 1. The fourth-order valence-corrected chi connectivity index (χ4v) is 2.55. The zero-order valence-corrected chi connectivity index (χ0v) is 11.0. The van der Waals surface area contributed by atoms with Gasteiger partial charge in [-0.1, -0.05) is 6.07 Å². The lowest BCUT2D eigenvalue weighted by molar-refractivity contribution is 0.0600. The van der Waals surface area contributed by atoms with Crippen molar-refractivity contribution in [2.45, 2.75) is 4.90 Å². The zero-order chi connectivity index (χ0) is 13.8. The number of likely N-dealkylation sites (N-methyl/N-ethyl adjacent to an activating group) is 1. The second-order valence-corrected chi connectivity index (χ2v) is 5.61. The minimum absolute atomic E-state index is 0.00914. The summed E-state index contributed by atoms with van der Waals surface area (Å²) in [6.07, 6.45) is 0. The van der Waals surface area contributed by atoms with Crippen LogP contribution in [0.3, 0.4) is 0 Å². The molecule has 0 atom stereocenters. The van der Waals surface area contributed by atoms with E-state index in [2.05, 4.69) is 4.74 Å². The molecule has 0 saturated carbocycles. The number of carbonyl (C=O) groups is 1. The fourth-order valence-electron chi connectivity index (χ4n) is 1.34. The van der Waals surface area contributed by atoms with Crippen molar-refractivity contribution in [2.24, 2.45) is 0 Å². The molecule has 0 unspecified atom stereocenters. The molecule has 1 rings (SSSR count). The Kier molecular flexibility index (Phi) is 4.83. The van der Waals surface area contributed by atoms with Gasteiger partial charge in [-0.25, -0.2) is 13.2 Å². The largest absolute Gasteiger partial charge is 0.465 e. The number of aliphatic hydroxyl groups excluding tert-OH is 1. The number of sulfonamides is 1. The monoisotopic (exact) mass is 273 g/mol. The first-order chi connectivity index (χ1) is 8.43. The van der Waals surface area contributed by atoms with Crippen molar-refractivity contribution in [3.05, 3.63) is 29.8 Å². The predicted octanol–water partition coefficient (Wildman–Crippen LogP) is 0.0860. The molecule has 7 heteroatoms. The van der Waals surface area contributed by atoms with Crippen molar-refractivity contribution in [2.75, 3.05) is 27.3 Å². The number of carbonyl (C=O) groups excluding carboxylic acids is 1. The van der Waals surface area contributed by atoms with Crippen LogP contribution in [0, 0.1) is 0 Å². The number of ether oxygens (including phenoxy) is 1. The quantitative estimate of drug-likeness (QED) is 0.768. The lowest BCUT2D eigenvalue weighted by atomic mass is 10.2. The van der Waals surface area contributed by atoms with Crippen molar-refractivity contribution < 1.29 is 23.1 Å². The Balaban J connectivity index is 3.14. The molecule has 100 valence electrons. The van der Waals surface area contributed by atoms with Crippen LogP contribution in [0.5, 0.6) is 0 Å². The van der Waals surface area contributed by atoms with Crippen LogP contribution < -0.4 is 0 Å². The third-order valence-corrected chi connectivity index (χ3v) is 4.23. The van der Waals surface area contributed by atoms with Crippen molar-refractivity contribution in [1.29, 1.82) is 0 Å². The molecule has 0 amide bonds. The van der Waals surface area contributed by atoms with E-state index >= 15 is 0 Å². The van der Waals surface area contributed by atoms with Gasteiger partial charge >= 0.3 is 5.97 Å². The van der Waals surface area contributed by atoms with E-state index in [0.717, 1.165) is 4.31 Å². The maximum absolute atomic E-state index is 12.0. The third-order valence-electron chi connectivity index (χ3n) is 2.38. The molecule has 0 heterocycles. The summed E-state index contributed by atoms with van der Waals surface area (Å²) >= 11 is 0. The second kappa shape index (κ2) is 5.94. The van der Waals surface area contributed by atoms with E-state index in [1.165, 1.54) is 38.4 Å². The highest BCUT2D eigenvalue weighted by Gasteiger charge is 2.21. The van der Waals surface area contributed by atoms with E-state index in [-0.39, 0.29) is 23.6 Å². The van der Waals surface area contributed by atoms with E-state index in [0.29, 0.717) is 0 Å². The Bertz CT molecular complexity index is 526. The highest BCUT2D eigenvalue weighted by atomic mass is 32.2. The highest BCUT2D eigenvalue weighted by Crippen LogP contribution is 2.16. The summed E-state index contributed by atoms with van der Waals surface area (Å²) in [7, 11) is -1.12. The van der Waals surface area contributed by atoms with Gasteiger partial charge in [0.15, 0.2) is 0 Å². The minimum Gasteiger partial charge on any atom is -0.465 e. The SMILES string of the molecule is COC(=O)c1cccc(S(=O)(=O)N(C)CCO)c1. The van der Waals surface area contributed by atoms with Crippen molar-refractivity contribution in [1.82, 2.24) is 4.31 Å². The van der Waals surface area contributed by atoms with Gasteiger partial charge in [0.1, 0.15) is 0 Å². The van der Waals surface area contributed by atoms with Gasteiger partial charge < -0.3 is 9.84 Å². The molecule has 0 radical (unpaired) electrons. The topological polar surface area (TPSA) is 83.9 Å². The van der Waals surface area contributed by atoms with Crippen molar-refractivity contribution in [3.63, 3.8) is 0 Å². The van der Waals surface area contributed by atoms with E-state index in [1.807, 2.05) is 0 Å². The van der Waals surface area contributed by atoms with E-state index in [9.17, 15) is 13.2 Å². The number of methoxy groups -OCH3 is 1. The number of aliphatic hydroxyl groups is 1. The molecule has 0 spiro atoms. The number of esters is 1. The molecule has 1 N–H and O–H groups in total. The Hall–Kier alpha value is -1.44. The lowest BCUT2D eigenvalue weighted by Gasteiger charge is -2.16. The van der Waals surface area contributed by atoms with Crippen LogP contribution in [0.1, 0.15) is 10.4 Å². The fraction of sp³-hybridized carbons (Fsp3) is 0.364.